The third-order valence-electron chi connectivity index (χ3n) is 3.56. The van der Waals surface area contributed by atoms with E-state index in [0.717, 1.165) is 22.6 Å². The molecule has 0 bridgehead atoms. The summed E-state index contributed by atoms with van der Waals surface area (Å²) in [5.41, 5.74) is 1.27. The number of halogens is 3. The van der Waals surface area contributed by atoms with Gasteiger partial charge < -0.3 is 4.57 Å². The van der Waals surface area contributed by atoms with E-state index in [1.807, 2.05) is 42.1 Å². The molecule has 114 valence electrons. The lowest BCUT2D eigenvalue weighted by atomic mass is 10.2. The Labute approximate surface area is 130 Å². The fraction of sp³-hybridized carbons (Fsp3) is 0.188. The number of hydrogen-bond acceptors (Lipinski definition) is 2. The monoisotopic (exact) mass is 322 g/mol. The van der Waals surface area contributed by atoms with Gasteiger partial charge in [0, 0.05) is 17.5 Å². The normalized spacial score (nSPS) is 12.0. The molecule has 2 nitrogen and oxygen atoms in total. The molecular weight excluding hydrogens is 309 g/mol. The highest BCUT2D eigenvalue weighted by atomic mass is 32.2. The van der Waals surface area contributed by atoms with E-state index in [-0.39, 0.29) is 0 Å². The first kappa shape index (κ1) is 15.0. The molecule has 2 aromatic carbocycles. The minimum Gasteiger partial charge on any atom is -0.327 e. The summed E-state index contributed by atoms with van der Waals surface area (Å²) in [6.45, 7) is 0. The lowest BCUT2D eigenvalue weighted by molar-refractivity contribution is -0.137. The number of alkyl halides is 3. The van der Waals surface area contributed by atoms with Crippen LogP contribution in [0.1, 0.15) is 5.56 Å². The molecule has 0 aliphatic heterocycles. The van der Waals surface area contributed by atoms with Crippen molar-refractivity contribution < 1.29 is 13.2 Å². The Bertz CT molecular complexity index is 837. The van der Waals surface area contributed by atoms with Gasteiger partial charge in [-0.15, -0.1) is 11.8 Å². The second-order valence-electron chi connectivity index (χ2n) is 4.90. The Kier molecular flexibility index (Phi) is 3.64. The van der Waals surface area contributed by atoms with Crippen molar-refractivity contribution in [3.8, 4) is 11.4 Å². The first-order valence-electron chi connectivity index (χ1n) is 6.59. The lowest BCUT2D eigenvalue weighted by Gasteiger charge is -2.07. The van der Waals surface area contributed by atoms with E-state index in [4.69, 9.17) is 0 Å². The molecule has 0 saturated heterocycles. The quantitative estimate of drug-likeness (QED) is 0.619. The first-order chi connectivity index (χ1) is 10.4. The number of nitrogens with zero attached hydrogens (tertiary/aromatic N) is 2. The number of benzene rings is 2. The highest BCUT2D eigenvalue weighted by Gasteiger charge is 2.31. The summed E-state index contributed by atoms with van der Waals surface area (Å²) < 4.78 is 40.3. The molecule has 0 fully saturated rings. The van der Waals surface area contributed by atoms with Gasteiger partial charge in [0.15, 0.2) is 0 Å². The molecule has 0 spiro atoms. The minimum atomic E-state index is -4.36. The van der Waals surface area contributed by atoms with Crippen LogP contribution in [0.4, 0.5) is 13.2 Å². The summed E-state index contributed by atoms with van der Waals surface area (Å²) >= 11 is 1.58. The van der Waals surface area contributed by atoms with E-state index in [0.29, 0.717) is 16.9 Å². The van der Waals surface area contributed by atoms with E-state index in [1.54, 1.807) is 11.8 Å². The zero-order valence-electron chi connectivity index (χ0n) is 12.0. The second-order valence-corrected chi connectivity index (χ2v) is 5.74. The smallest absolute Gasteiger partial charge is 0.327 e. The highest BCUT2D eigenvalue weighted by molar-refractivity contribution is 7.98. The van der Waals surface area contributed by atoms with Crippen LogP contribution < -0.4 is 0 Å². The third-order valence-corrected chi connectivity index (χ3v) is 4.35. The van der Waals surface area contributed by atoms with Crippen LogP contribution in [0.3, 0.4) is 0 Å². The van der Waals surface area contributed by atoms with Gasteiger partial charge in [-0.05, 0) is 30.5 Å². The Hall–Kier alpha value is -1.95. The van der Waals surface area contributed by atoms with Crippen LogP contribution in [0.5, 0.6) is 0 Å². The van der Waals surface area contributed by atoms with Crippen LogP contribution in [0.25, 0.3) is 22.4 Å². The number of aryl methyl sites for hydroxylation is 1. The Morgan fingerprint density at radius 1 is 1.09 bits per heavy atom. The largest absolute Gasteiger partial charge is 0.416 e. The molecule has 6 heteroatoms. The van der Waals surface area contributed by atoms with Crippen molar-refractivity contribution in [2.45, 2.75) is 11.1 Å². The van der Waals surface area contributed by atoms with Gasteiger partial charge >= 0.3 is 6.18 Å². The summed E-state index contributed by atoms with van der Waals surface area (Å²) in [6, 6.07) is 11.4. The van der Waals surface area contributed by atoms with Gasteiger partial charge in [-0.1, -0.05) is 18.2 Å². The van der Waals surface area contributed by atoms with Gasteiger partial charge in [0.2, 0.25) is 0 Å². The van der Waals surface area contributed by atoms with E-state index >= 15 is 0 Å². The van der Waals surface area contributed by atoms with Gasteiger partial charge in [-0.3, -0.25) is 0 Å². The van der Waals surface area contributed by atoms with Gasteiger partial charge in [0.1, 0.15) is 5.82 Å². The average Bonchev–Trinajstić information content (AvgIpc) is 2.83. The fourth-order valence-electron chi connectivity index (χ4n) is 2.45. The van der Waals surface area contributed by atoms with Crippen molar-refractivity contribution >= 4 is 22.8 Å². The number of imidazole rings is 1. The average molecular weight is 322 g/mol. The maximum atomic E-state index is 12.8. The zero-order valence-corrected chi connectivity index (χ0v) is 12.8. The molecule has 0 amide bonds. The number of thioether (sulfide) groups is 1. The van der Waals surface area contributed by atoms with Gasteiger partial charge in [-0.25, -0.2) is 4.98 Å². The van der Waals surface area contributed by atoms with Gasteiger partial charge in [0.05, 0.1) is 16.6 Å². The standard InChI is InChI=1S/C16H13F3N2S/c1-21-13-8-7-10(16(17,18)19)9-12(13)20-15(21)11-5-3-4-6-14(11)22-2/h3-9H,1-2H3. The number of rotatable bonds is 2. The van der Waals surface area contributed by atoms with Crippen molar-refractivity contribution in [3.63, 3.8) is 0 Å². The third kappa shape index (κ3) is 2.47. The minimum absolute atomic E-state index is 0.350. The van der Waals surface area contributed by atoms with E-state index in [1.165, 1.54) is 6.07 Å². The van der Waals surface area contributed by atoms with Crippen LogP contribution in [0.15, 0.2) is 47.4 Å². The topological polar surface area (TPSA) is 17.8 Å². The predicted molar refractivity (Wildman–Crippen MR) is 82.9 cm³/mol. The highest BCUT2D eigenvalue weighted by Crippen LogP contribution is 2.34. The number of fused-ring (bicyclic) bond motifs is 1. The molecule has 1 aromatic heterocycles. The molecule has 3 rings (SSSR count). The van der Waals surface area contributed by atoms with Crippen molar-refractivity contribution in [2.75, 3.05) is 6.26 Å². The van der Waals surface area contributed by atoms with E-state index in [2.05, 4.69) is 4.98 Å². The van der Waals surface area contributed by atoms with E-state index in [9.17, 15) is 13.2 Å². The molecule has 22 heavy (non-hydrogen) atoms. The number of hydrogen-bond donors (Lipinski definition) is 0. The Morgan fingerprint density at radius 2 is 1.82 bits per heavy atom. The maximum Gasteiger partial charge on any atom is 0.416 e. The Balaban J connectivity index is 2.22. The summed E-state index contributed by atoms with van der Waals surface area (Å²) in [6.07, 6.45) is -2.40. The summed E-state index contributed by atoms with van der Waals surface area (Å²) in [7, 11) is 1.81. The van der Waals surface area contributed by atoms with Crippen LogP contribution in [0, 0.1) is 0 Å². The molecule has 0 saturated carbocycles. The summed E-state index contributed by atoms with van der Waals surface area (Å²) in [5.74, 6) is 0.666. The molecule has 0 aliphatic carbocycles. The maximum absolute atomic E-state index is 12.8. The van der Waals surface area contributed by atoms with E-state index < -0.39 is 11.7 Å². The molecule has 0 N–H and O–H groups in total. The van der Waals surface area contributed by atoms with Crippen LogP contribution in [0.2, 0.25) is 0 Å². The molecule has 0 atom stereocenters. The predicted octanol–water partition coefficient (Wildman–Crippen LogP) is 4.98. The first-order valence-corrected chi connectivity index (χ1v) is 7.81. The molecule has 0 aliphatic rings. The lowest BCUT2D eigenvalue weighted by Crippen LogP contribution is -2.04. The van der Waals surface area contributed by atoms with Crippen molar-refractivity contribution in [1.82, 2.24) is 9.55 Å². The zero-order chi connectivity index (χ0) is 15.9. The second kappa shape index (κ2) is 5.35. The van der Waals surface area contributed by atoms with Crippen molar-refractivity contribution in [1.29, 1.82) is 0 Å². The molecule has 0 radical (unpaired) electrons. The summed E-state index contributed by atoms with van der Waals surface area (Å²) in [4.78, 5) is 5.45. The van der Waals surface area contributed by atoms with Gasteiger partial charge in [-0.2, -0.15) is 13.2 Å². The van der Waals surface area contributed by atoms with Crippen LogP contribution >= 0.6 is 11.8 Å². The summed E-state index contributed by atoms with van der Waals surface area (Å²) in [5, 5.41) is 0. The molecule has 0 unspecified atom stereocenters. The Morgan fingerprint density at radius 3 is 2.50 bits per heavy atom. The molecular formula is C16H13F3N2S. The van der Waals surface area contributed by atoms with Crippen LogP contribution in [-0.2, 0) is 13.2 Å². The van der Waals surface area contributed by atoms with Crippen LogP contribution in [-0.4, -0.2) is 15.8 Å². The van der Waals surface area contributed by atoms with Crippen molar-refractivity contribution in [2.24, 2.45) is 7.05 Å². The SMILES string of the molecule is CSc1ccccc1-c1nc2cc(C(F)(F)F)ccc2n1C. The molecule has 3 aromatic rings. The van der Waals surface area contributed by atoms with Crippen molar-refractivity contribution in [3.05, 3.63) is 48.0 Å². The molecule has 1 heterocycles. The van der Waals surface area contributed by atoms with Gasteiger partial charge in [0.25, 0.3) is 0 Å². The fourth-order valence-corrected chi connectivity index (χ4v) is 3.04. The number of aromatic nitrogens is 2.